The summed E-state index contributed by atoms with van der Waals surface area (Å²) >= 11 is 0. The van der Waals surface area contributed by atoms with E-state index < -0.39 is 29.8 Å². The Morgan fingerprint density at radius 3 is 2.45 bits per heavy atom. The first-order chi connectivity index (χ1) is 13.9. The number of hydrogen-bond donors (Lipinski definition) is 1. The largest absolute Gasteiger partial charge is 0.478 e. The van der Waals surface area contributed by atoms with E-state index in [0.29, 0.717) is 37.4 Å². The van der Waals surface area contributed by atoms with E-state index in [1.165, 1.54) is 35.2 Å². The number of carbonyl (C=O) groups excluding carboxylic acids is 2. The number of aliphatic carboxylic acids is 1. The summed E-state index contributed by atoms with van der Waals surface area (Å²) in [5.41, 5.74) is 1.30. The molecule has 0 bridgehead atoms. The third-order valence-electron chi connectivity index (χ3n) is 4.53. The molecule has 0 aliphatic carbocycles. The Morgan fingerprint density at radius 2 is 1.79 bits per heavy atom. The van der Waals surface area contributed by atoms with Crippen molar-refractivity contribution in [2.24, 2.45) is 0 Å². The number of rotatable bonds is 5. The highest BCUT2D eigenvalue weighted by Gasteiger charge is 2.24. The van der Waals surface area contributed by atoms with Gasteiger partial charge in [-0.2, -0.15) is 0 Å². The van der Waals surface area contributed by atoms with Crippen molar-refractivity contribution >= 4 is 17.8 Å². The highest BCUT2D eigenvalue weighted by molar-refractivity contribution is 5.96. The third kappa shape index (κ3) is 4.78. The Morgan fingerprint density at radius 1 is 1.10 bits per heavy atom. The smallest absolute Gasteiger partial charge is 0.349 e. The molecule has 0 saturated carbocycles. The van der Waals surface area contributed by atoms with Crippen LogP contribution in [0.1, 0.15) is 28.9 Å². The molecule has 0 aromatic heterocycles. The quantitative estimate of drug-likeness (QED) is 0.775. The number of nitrogens with zero attached hydrogens (tertiary/aromatic N) is 1. The third-order valence-corrected chi connectivity index (χ3v) is 4.53. The molecule has 2 aromatic carbocycles. The molecule has 1 aliphatic rings. The van der Waals surface area contributed by atoms with E-state index >= 15 is 0 Å². The number of carboxylic acids is 1. The van der Waals surface area contributed by atoms with Crippen molar-refractivity contribution in [2.45, 2.75) is 13.0 Å². The summed E-state index contributed by atoms with van der Waals surface area (Å²) in [4.78, 5) is 36.9. The molecule has 1 N–H and O–H groups in total. The standard InChI is InChI=1S/C21H20FNO6/c1-13(24)29-19(21(26)27)16-4-2-3-14(11-16)15-5-6-18(22)17(12-15)20(25)23-7-9-28-10-8-23/h2-6,11-12,19H,7-10H2,1H3,(H,26,27). The van der Waals surface area contributed by atoms with Gasteiger partial charge >= 0.3 is 11.9 Å². The first-order valence-electron chi connectivity index (χ1n) is 9.03. The van der Waals surface area contributed by atoms with E-state index in [9.17, 15) is 23.9 Å². The van der Waals surface area contributed by atoms with Crippen molar-refractivity contribution in [3.63, 3.8) is 0 Å². The summed E-state index contributed by atoms with van der Waals surface area (Å²) in [6, 6.07) is 10.5. The number of hydrogen-bond acceptors (Lipinski definition) is 5. The summed E-state index contributed by atoms with van der Waals surface area (Å²) in [6.07, 6.45) is -1.46. The van der Waals surface area contributed by atoms with Crippen molar-refractivity contribution in [2.75, 3.05) is 26.3 Å². The normalized spacial score (nSPS) is 14.9. The zero-order chi connectivity index (χ0) is 21.0. The lowest BCUT2D eigenvalue weighted by atomic mass is 9.98. The maximum atomic E-state index is 14.3. The Labute approximate surface area is 166 Å². The van der Waals surface area contributed by atoms with Gasteiger partial charge in [0, 0.05) is 25.6 Å². The maximum absolute atomic E-state index is 14.3. The average Bonchev–Trinajstić information content (AvgIpc) is 2.72. The van der Waals surface area contributed by atoms with Gasteiger partial charge in [0.2, 0.25) is 6.10 Å². The SMILES string of the molecule is CC(=O)OC(C(=O)O)c1cccc(-c2ccc(F)c(C(=O)N3CCOCC3)c2)c1. The lowest BCUT2D eigenvalue weighted by molar-refractivity contribution is -0.163. The van der Waals surface area contributed by atoms with Gasteiger partial charge < -0.3 is 19.5 Å². The molecule has 1 unspecified atom stereocenters. The van der Waals surface area contributed by atoms with Crippen LogP contribution in [-0.2, 0) is 19.1 Å². The fraction of sp³-hybridized carbons (Fsp3) is 0.286. The molecule has 1 saturated heterocycles. The molecule has 1 aliphatic heterocycles. The number of carboxylic acid groups (broad SMARTS) is 1. The molecule has 1 atom stereocenters. The topological polar surface area (TPSA) is 93.1 Å². The van der Waals surface area contributed by atoms with Gasteiger partial charge in [0.1, 0.15) is 5.82 Å². The van der Waals surface area contributed by atoms with Gasteiger partial charge in [0.05, 0.1) is 18.8 Å². The number of morpholine rings is 1. The predicted molar refractivity (Wildman–Crippen MR) is 101 cm³/mol. The van der Waals surface area contributed by atoms with Crippen molar-refractivity contribution in [1.29, 1.82) is 0 Å². The second kappa shape index (κ2) is 8.83. The molecule has 29 heavy (non-hydrogen) atoms. The van der Waals surface area contributed by atoms with Crippen LogP contribution in [0.2, 0.25) is 0 Å². The average molecular weight is 401 g/mol. The first kappa shape index (κ1) is 20.5. The van der Waals surface area contributed by atoms with E-state index in [4.69, 9.17) is 9.47 Å². The van der Waals surface area contributed by atoms with E-state index in [1.54, 1.807) is 12.1 Å². The fourth-order valence-corrected chi connectivity index (χ4v) is 3.11. The summed E-state index contributed by atoms with van der Waals surface area (Å²) in [7, 11) is 0. The maximum Gasteiger partial charge on any atom is 0.349 e. The van der Waals surface area contributed by atoms with Crippen LogP contribution in [0.5, 0.6) is 0 Å². The van der Waals surface area contributed by atoms with Gasteiger partial charge in [0.15, 0.2) is 0 Å². The molecule has 1 fully saturated rings. The Balaban J connectivity index is 1.94. The number of ether oxygens (including phenoxy) is 2. The van der Waals surface area contributed by atoms with Crippen LogP contribution in [0.4, 0.5) is 4.39 Å². The molecule has 3 rings (SSSR count). The van der Waals surface area contributed by atoms with E-state index in [-0.39, 0.29) is 11.1 Å². The minimum atomic E-state index is -1.46. The van der Waals surface area contributed by atoms with Gasteiger partial charge in [-0.1, -0.05) is 24.3 Å². The number of halogens is 1. The van der Waals surface area contributed by atoms with Crippen molar-refractivity contribution < 1.29 is 33.4 Å². The van der Waals surface area contributed by atoms with Crippen LogP contribution in [0.15, 0.2) is 42.5 Å². The van der Waals surface area contributed by atoms with Crippen LogP contribution >= 0.6 is 0 Å². The second-order valence-electron chi connectivity index (χ2n) is 6.55. The fourth-order valence-electron chi connectivity index (χ4n) is 3.11. The highest BCUT2D eigenvalue weighted by atomic mass is 19.1. The molecular weight excluding hydrogens is 381 g/mol. The molecule has 2 aromatic rings. The second-order valence-corrected chi connectivity index (χ2v) is 6.55. The molecule has 0 radical (unpaired) electrons. The molecule has 1 amide bonds. The molecular formula is C21H20FNO6. The zero-order valence-corrected chi connectivity index (χ0v) is 15.8. The van der Waals surface area contributed by atoms with Crippen LogP contribution < -0.4 is 0 Å². The Kier molecular flexibility index (Phi) is 6.23. The van der Waals surface area contributed by atoms with Gasteiger partial charge in [0.25, 0.3) is 5.91 Å². The minimum Gasteiger partial charge on any atom is -0.478 e. The highest BCUT2D eigenvalue weighted by Crippen LogP contribution is 2.27. The summed E-state index contributed by atoms with van der Waals surface area (Å²) < 4.78 is 24.4. The van der Waals surface area contributed by atoms with Crippen LogP contribution in [-0.4, -0.2) is 54.2 Å². The Bertz CT molecular complexity index is 939. The monoisotopic (exact) mass is 401 g/mol. The van der Waals surface area contributed by atoms with Crippen LogP contribution in [0, 0.1) is 5.82 Å². The summed E-state index contributed by atoms with van der Waals surface area (Å²) in [5.74, 6) is -3.08. The summed E-state index contributed by atoms with van der Waals surface area (Å²) in [6.45, 7) is 2.72. The number of carbonyl (C=O) groups is 3. The first-order valence-corrected chi connectivity index (χ1v) is 9.03. The van der Waals surface area contributed by atoms with E-state index in [2.05, 4.69) is 0 Å². The number of benzene rings is 2. The van der Waals surface area contributed by atoms with Crippen molar-refractivity contribution in [3.05, 3.63) is 59.4 Å². The van der Waals surface area contributed by atoms with Gasteiger partial charge in [-0.05, 0) is 29.3 Å². The van der Waals surface area contributed by atoms with E-state index in [0.717, 1.165) is 6.92 Å². The molecule has 152 valence electrons. The molecule has 8 heteroatoms. The molecule has 1 heterocycles. The molecule has 0 spiro atoms. The number of amides is 1. The lowest BCUT2D eigenvalue weighted by Crippen LogP contribution is -2.41. The van der Waals surface area contributed by atoms with Gasteiger partial charge in [-0.15, -0.1) is 0 Å². The molecule has 7 nitrogen and oxygen atoms in total. The summed E-state index contributed by atoms with van der Waals surface area (Å²) in [5, 5.41) is 9.35. The minimum absolute atomic E-state index is 0.0652. The lowest BCUT2D eigenvalue weighted by Gasteiger charge is -2.27. The predicted octanol–water partition coefficient (Wildman–Crippen LogP) is 2.65. The van der Waals surface area contributed by atoms with Crippen LogP contribution in [0.25, 0.3) is 11.1 Å². The zero-order valence-electron chi connectivity index (χ0n) is 15.8. The van der Waals surface area contributed by atoms with Crippen molar-refractivity contribution in [3.8, 4) is 11.1 Å². The Hall–Kier alpha value is -3.26. The van der Waals surface area contributed by atoms with Gasteiger partial charge in [-0.3, -0.25) is 9.59 Å². The van der Waals surface area contributed by atoms with Crippen LogP contribution in [0.3, 0.4) is 0 Å². The van der Waals surface area contributed by atoms with Gasteiger partial charge in [-0.25, -0.2) is 9.18 Å². The van der Waals surface area contributed by atoms with E-state index in [1.807, 2.05) is 0 Å². The van der Waals surface area contributed by atoms with Crippen molar-refractivity contribution in [1.82, 2.24) is 4.90 Å². The number of esters is 1.